The fraction of sp³-hybridized carbons (Fsp3) is 0.300. The second kappa shape index (κ2) is 8.86. The topological polar surface area (TPSA) is 108 Å². The van der Waals surface area contributed by atoms with Crippen LogP contribution in [0.1, 0.15) is 18.5 Å². The Bertz CT molecular complexity index is 1010. The van der Waals surface area contributed by atoms with Crippen LogP contribution >= 0.6 is 11.3 Å². The molecule has 0 bridgehead atoms. The lowest BCUT2D eigenvalue weighted by Gasteiger charge is -2.24. The number of aromatic nitrogens is 3. The van der Waals surface area contributed by atoms with Crippen molar-refractivity contribution >= 4 is 28.8 Å². The van der Waals surface area contributed by atoms with E-state index in [4.69, 9.17) is 4.74 Å². The summed E-state index contributed by atoms with van der Waals surface area (Å²) < 4.78 is 6.03. The summed E-state index contributed by atoms with van der Waals surface area (Å²) in [5.74, 6) is 1.64. The first kappa shape index (κ1) is 19.1. The summed E-state index contributed by atoms with van der Waals surface area (Å²) in [5.41, 5.74) is 1.87. The van der Waals surface area contributed by atoms with E-state index in [2.05, 4.69) is 37.0 Å². The van der Waals surface area contributed by atoms with Crippen LogP contribution in [0.15, 0.2) is 36.0 Å². The maximum atomic E-state index is 9.36. The minimum absolute atomic E-state index is 0.0325. The molecule has 1 atom stereocenters. The van der Waals surface area contributed by atoms with E-state index >= 15 is 0 Å². The minimum Gasteiger partial charge on any atom is -0.486 e. The minimum atomic E-state index is 0.0325. The Morgan fingerprint density at radius 3 is 3.00 bits per heavy atom. The second-order valence-electron chi connectivity index (χ2n) is 6.58. The third kappa shape index (κ3) is 4.45. The SMILES string of the molecule is CNc1nc(Nc2cnc(C#N)c(OC3CCCNC3)c2)ncc1-c1cccs1. The standard InChI is InChI=1S/C20H21N7OS/c1-22-19-15(18-5-3-7-29-18)12-25-20(27-19)26-13-8-17(16(9-21)24-10-13)28-14-4-2-6-23-11-14/h3,5,7-8,10,12,14,23H,2,4,6,11H2,1H3,(H2,22,25,26,27). The molecule has 148 valence electrons. The van der Waals surface area contributed by atoms with Crippen LogP contribution in [0.3, 0.4) is 0 Å². The van der Waals surface area contributed by atoms with E-state index in [1.54, 1.807) is 29.8 Å². The number of piperidine rings is 1. The summed E-state index contributed by atoms with van der Waals surface area (Å²) in [6.45, 7) is 1.76. The van der Waals surface area contributed by atoms with Gasteiger partial charge in [-0.3, -0.25) is 0 Å². The third-order valence-electron chi connectivity index (χ3n) is 4.57. The highest BCUT2D eigenvalue weighted by Gasteiger charge is 2.17. The van der Waals surface area contributed by atoms with E-state index in [0.717, 1.165) is 42.2 Å². The number of ether oxygens (including phenoxy) is 1. The van der Waals surface area contributed by atoms with Gasteiger partial charge < -0.3 is 20.7 Å². The molecule has 0 aromatic carbocycles. The zero-order valence-electron chi connectivity index (χ0n) is 16.0. The molecule has 0 saturated carbocycles. The van der Waals surface area contributed by atoms with Gasteiger partial charge in [-0.1, -0.05) is 6.07 Å². The van der Waals surface area contributed by atoms with Gasteiger partial charge in [-0.05, 0) is 30.8 Å². The van der Waals surface area contributed by atoms with Crippen LogP contribution in [0.25, 0.3) is 10.4 Å². The van der Waals surface area contributed by atoms with Gasteiger partial charge in [0.25, 0.3) is 0 Å². The Hall–Kier alpha value is -3.22. The number of nitriles is 1. The molecular formula is C20H21N7OS. The summed E-state index contributed by atoms with van der Waals surface area (Å²) >= 11 is 1.64. The zero-order valence-corrected chi connectivity index (χ0v) is 16.8. The maximum absolute atomic E-state index is 9.36. The molecule has 29 heavy (non-hydrogen) atoms. The third-order valence-corrected chi connectivity index (χ3v) is 5.48. The highest BCUT2D eigenvalue weighted by atomic mass is 32.1. The van der Waals surface area contributed by atoms with Crippen LogP contribution in [0, 0.1) is 11.3 Å². The molecule has 1 saturated heterocycles. The number of hydrogen-bond acceptors (Lipinski definition) is 9. The number of anilines is 3. The molecular weight excluding hydrogens is 386 g/mol. The zero-order chi connectivity index (χ0) is 20.1. The van der Waals surface area contributed by atoms with Crippen LogP contribution in [-0.2, 0) is 0 Å². The Morgan fingerprint density at radius 1 is 1.34 bits per heavy atom. The average molecular weight is 408 g/mol. The molecule has 9 heteroatoms. The van der Waals surface area contributed by atoms with Gasteiger partial charge in [-0.15, -0.1) is 11.3 Å². The van der Waals surface area contributed by atoms with Gasteiger partial charge in [0, 0.05) is 30.7 Å². The fourth-order valence-corrected chi connectivity index (χ4v) is 3.90. The average Bonchev–Trinajstić information content (AvgIpc) is 3.29. The molecule has 8 nitrogen and oxygen atoms in total. The molecule has 3 N–H and O–H groups in total. The lowest BCUT2D eigenvalue weighted by Crippen LogP contribution is -2.37. The Kier molecular flexibility index (Phi) is 5.84. The molecule has 1 unspecified atom stereocenters. The van der Waals surface area contributed by atoms with Crippen molar-refractivity contribution in [1.82, 2.24) is 20.3 Å². The van der Waals surface area contributed by atoms with E-state index in [1.807, 2.05) is 24.6 Å². The predicted octanol–water partition coefficient (Wildman–Crippen LogP) is 3.39. The highest BCUT2D eigenvalue weighted by Crippen LogP contribution is 2.31. The first-order valence-corrected chi connectivity index (χ1v) is 10.3. The van der Waals surface area contributed by atoms with Crippen LogP contribution in [0.2, 0.25) is 0 Å². The molecule has 3 aromatic rings. The molecule has 4 rings (SSSR count). The first-order chi connectivity index (χ1) is 14.3. The van der Waals surface area contributed by atoms with Crippen molar-refractivity contribution in [3.8, 4) is 22.3 Å². The number of pyridine rings is 1. The molecule has 1 aliphatic heterocycles. The van der Waals surface area contributed by atoms with Gasteiger partial charge >= 0.3 is 0 Å². The smallest absolute Gasteiger partial charge is 0.229 e. The molecule has 3 aromatic heterocycles. The van der Waals surface area contributed by atoms with Crippen molar-refractivity contribution in [3.05, 3.63) is 41.7 Å². The second-order valence-corrected chi connectivity index (χ2v) is 7.52. The number of hydrogen-bond donors (Lipinski definition) is 3. The summed E-state index contributed by atoms with van der Waals surface area (Å²) in [6.07, 6.45) is 5.41. The summed E-state index contributed by atoms with van der Waals surface area (Å²) in [6, 6.07) is 7.90. The molecule has 0 aliphatic carbocycles. The molecule has 0 radical (unpaired) electrons. The van der Waals surface area contributed by atoms with E-state index in [1.165, 1.54) is 0 Å². The Morgan fingerprint density at radius 2 is 2.28 bits per heavy atom. The van der Waals surface area contributed by atoms with Gasteiger partial charge in [0.2, 0.25) is 5.95 Å². The van der Waals surface area contributed by atoms with Crippen molar-refractivity contribution in [3.63, 3.8) is 0 Å². The van der Waals surface area contributed by atoms with Crippen molar-refractivity contribution in [2.24, 2.45) is 0 Å². The summed E-state index contributed by atoms with van der Waals surface area (Å²) in [7, 11) is 1.83. The van der Waals surface area contributed by atoms with Gasteiger partial charge in [0.1, 0.15) is 18.0 Å². The largest absolute Gasteiger partial charge is 0.486 e. The highest BCUT2D eigenvalue weighted by molar-refractivity contribution is 7.13. The predicted molar refractivity (Wildman–Crippen MR) is 114 cm³/mol. The van der Waals surface area contributed by atoms with Gasteiger partial charge in [-0.2, -0.15) is 10.2 Å². The van der Waals surface area contributed by atoms with Gasteiger partial charge in [-0.25, -0.2) is 9.97 Å². The molecule has 0 amide bonds. The van der Waals surface area contributed by atoms with E-state index in [-0.39, 0.29) is 11.8 Å². The summed E-state index contributed by atoms with van der Waals surface area (Å²) in [5, 5.41) is 21.0. The molecule has 1 aliphatic rings. The van der Waals surface area contributed by atoms with Crippen LogP contribution in [-0.4, -0.2) is 41.2 Å². The maximum Gasteiger partial charge on any atom is 0.229 e. The number of nitrogens with one attached hydrogen (secondary N) is 3. The first-order valence-electron chi connectivity index (χ1n) is 9.40. The van der Waals surface area contributed by atoms with Gasteiger partial charge in [0.05, 0.1) is 17.4 Å². The lowest BCUT2D eigenvalue weighted by molar-refractivity contribution is 0.166. The van der Waals surface area contributed by atoms with Gasteiger partial charge in [0.15, 0.2) is 11.4 Å². The van der Waals surface area contributed by atoms with Crippen molar-refractivity contribution in [1.29, 1.82) is 5.26 Å². The van der Waals surface area contributed by atoms with Crippen LogP contribution < -0.4 is 20.7 Å². The van der Waals surface area contributed by atoms with E-state index in [0.29, 0.717) is 17.4 Å². The number of thiophene rings is 1. The van der Waals surface area contributed by atoms with Crippen LogP contribution in [0.5, 0.6) is 5.75 Å². The van der Waals surface area contributed by atoms with E-state index < -0.39 is 0 Å². The monoisotopic (exact) mass is 407 g/mol. The van der Waals surface area contributed by atoms with Crippen molar-refractivity contribution in [2.75, 3.05) is 30.8 Å². The fourth-order valence-electron chi connectivity index (χ4n) is 3.16. The Balaban J connectivity index is 1.56. The molecule has 0 spiro atoms. The quantitative estimate of drug-likeness (QED) is 0.571. The van der Waals surface area contributed by atoms with Crippen molar-refractivity contribution in [2.45, 2.75) is 18.9 Å². The van der Waals surface area contributed by atoms with Crippen molar-refractivity contribution < 1.29 is 4.74 Å². The lowest BCUT2D eigenvalue weighted by atomic mass is 10.1. The summed E-state index contributed by atoms with van der Waals surface area (Å²) in [4.78, 5) is 14.3. The van der Waals surface area contributed by atoms with Crippen LogP contribution in [0.4, 0.5) is 17.5 Å². The Labute approximate surface area is 173 Å². The normalized spacial score (nSPS) is 16.1. The molecule has 1 fully saturated rings. The molecule has 4 heterocycles. The number of nitrogens with zero attached hydrogens (tertiary/aromatic N) is 4. The van der Waals surface area contributed by atoms with E-state index in [9.17, 15) is 5.26 Å². The number of rotatable bonds is 6.